The first kappa shape index (κ1) is 15.3. The molecule has 0 radical (unpaired) electrons. The van der Waals surface area contributed by atoms with Gasteiger partial charge in [0.05, 0.1) is 5.56 Å². The standard InChI is InChI=1S/C15H20N2O4/c1-21-9-3-2-7-16-15(20)17-8-6-11-10-12(14(18)19)4-5-13(11)17/h4-5,10H,2-3,6-9H2,1H3,(H,16,20)(H,18,19). The van der Waals surface area contributed by atoms with Crippen LogP contribution in [0.3, 0.4) is 0 Å². The van der Waals surface area contributed by atoms with Crippen molar-refractivity contribution in [3.05, 3.63) is 29.3 Å². The molecule has 0 unspecified atom stereocenters. The van der Waals surface area contributed by atoms with Crippen molar-refractivity contribution in [2.45, 2.75) is 19.3 Å². The lowest BCUT2D eigenvalue weighted by Crippen LogP contribution is -2.39. The van der Waals surface area contributed by atoms with Crippen LogP contribution in [0.1, 0.15) is 28.8 Å². The number of unbranched alkanes of at least 4 members (excludes halogenated alkanes) is 1. The van der Waals surface area contributed by atoms with E-state index in [1.165, 1.54) is 6.07 Å². The van der Waals surface area contributed by atoms with E-state index in [0.717, 1.165) is 24.1 Å². The highest BCUT2D eigenvalue weighted by Gasteiger charge is 2.25. The van der Waals surface area contributed by atoms with Gasteiger partial charge in [-0.05, 0) is 43.0 Å². The Labute approximate surface area is 123 Å². The minimum Gasteiger partial charge on any atom is -0.478 e. The average molecular weight is 292 g/mol. The summed E-state index contributed by atoms with van der Waals surface area (Å²) >= 11 is 0. The molecule has 0 saturated heterocycles. The number of carbonyl (C=O) groups excluding carboxylic acids is 1. The van der Waals surface area contributed by atoms with Crippen LogP contribution in [0, 0.1) is 0 Å². The highest BCUT2D eigenvalue weighted by Crippen LogP contribution is 2.28. The number of ether oxygens (including phenoxy) is 1. The molecule has 2 N–H and O–H groups in total. The first-order valence-electron chi connectivity index (χ1n) is 7.04. The lowest BCUT2D eigenvalue weighted by atomic mass is 10.1. The van der Waals surface area contributed by atoms with Crippen molar-refractivity contribution in [3.63, 3.8) is 0 Å². The van der Waals surface area contributed by atoms with Crippen LogP contribution >= 0.6 is 0 Å². The zero-order valence-corrected chi connectivity index (χ0v) is 12.1. The number of methoxy groups -OCH3 is 1. The minimum atomic E-state index is -0.946. The molecule has 0 atom stereocenters. The Hall–Kier alpha value is -2.08. The molecule has 1 aromatic rings. The van der Waals surface area contributed by atoms with E-state index in [-0.39, 0.29) is 11.6 Å². The number of anilines is 1. The highest BCUT2D eigenvalue weighted by molar-refractivity contribution is 5.95. The summed E-state index contributed by atoms with van der Waals surface area (Å²) in [5.41, 5.74) is 1.97. The van der Waals surface area contributed by atoms with E-state index in [2.05, 4.69) is 5.32 Å². The Balaban J connectivity index is 1.92. The smallest absolute Gasteiger partial charge is 0.335 e. The number of nitrogens with one attached hydrogen (secondary N) is 1. The molecule has 114 valence electrons. The van der Waals surface area contributed by atoms with Crippen molar-refractivity contribution in [3.8, 4) is 0 Å². The van der Waals surface area contributed by atoms with Gasteiger partial charge in [0.15, 0.2) is 0 Å². The number of carbonyl (C=O) groups is 2. The fourth-order valence-electron chi connectivity index (χ4n) is 2.41. The lowest BCUT2D eigenvalue weighted by molar-refractivity contribution is 0.0697. The molecule has 21 heavy (non-hydrogen) atoms. The molecule has 1 aromatic carbocycles. The van der Waals surface area contributed by atoms with Gasteiger partial charge in [0, 0.05) is 32.5 Å². The fraction of sp³-hybridized carbons (Fsp3) is 0.467. The maximum absolute atomic E-state index is 12.1. The zero-order valence-electron chi connectivity index (χ0n) is 12.1. The number of urea groups is 1. The van der Waals surface area contributed by atoms with Gasteiger partial charge < -0.3 is 15.2 Å². The summed E-state index contributed by atoms with van der Waals surface area (Å²) < 4.78 is 4.95. The molecular formula is C15H20N2O4. The molecular weight excluding hydrogens is 272 g/mol. The molecule has 0 bridgehead atoms. The van der Waals surface area contributed by atoms with Gasteiger partial charge in [-0.3, -0.25) is 4.90 Å². The Morgan fingerprint density at radius 2 is 2.19 bits per heavy atom. The van der Waals surface area contributed by atoms with Crippen molar-refractivity contribution in [1.82, 2.24) is 5.32 Å². The number of aromatic carboxylic acids is 1. The van der Waals surface area contributed by atoms with Crippen LogP contribution < -0.4 is 10.2 Å². The summed E-state index contributed by atoms with van der Waals surface area (Å²) in [5, 5.41) is 11.9. The van der Waals surface area contributed by atoms with E-state index in [4.69, 9.17) is 9.84 Å². The van der Waals surface area contributed by atoms with Crippen LogP contribution in [0.2, 0.25) is 0 Å². The number of fused-ring (bicyclic) bond motifs is 1. The normalized spacial score (nSPS) is 13.1. The number of carboxylic acid groups (broad SMARTS) is 1. The Morgan fingerprint density at radius 3 is 2.90 bits per heavy atom. The SMILES string of the molecule is COCCCCNC(=O)N1CCc2cc(C(=O)O)ccc21. The molecule has 2 amide bonds. The second kappa shape index (κ2) is 7.08. The number of hydrogen-bond donors (Lipinski definition) is 2. The topological polar surface area (TPSA) is 78.9 Å². The Morgan fingerprint density at radius 1 is 1.38 bits per heavy atom. The molecule has 1 aliphatic rings. The van der Waals surface area contributed by atoms with Crippen LogP contribution in [0.15, 0.2) is 18.2 Å². The van der Waals surface area contributed by atoms with Crippen molar-refractivity contribution >= 4 is 17.7 Å². The quantitative estimate of drug-likeness (QED) is 0.785. The minimum absolute atomic E-state index is 0.130. The van der Waals surface area contributed by atoms with Gasteiger partial charge in [0.25, 0.3) is 0 Å². The van der Waals surface area contributed by atoms with Gasteiger partial charge in [-0.1, -0.05) is 0 Å². The van der Waals surface area contributed by atoms with Gasteiger partial charge in [0.1, 0.15) is 0 Å². The second-order valence-electron chi connectivity index (χ2n) is 4.98. The maximum atomic E-state index is 12.1. The summed E-state index contributed by atoms with van der Waals surface area (Å²) in [5.74, 6) is -0.946. The molecule has 1 aliphatic heterocycles. The third-order valence-electron chi connectivity index (χ3n) is 3.52. The molecule has 0 saturated carbocycles. The van der Waals surface area contributed by atoms with E-state index in [1.807, 2.05) is 0 Å². The Bertz CT molecular complexity index is 530. The molecule has 0 fully saturated rings. The monoisotopic (exact) mass is 292 g/mol. The molecule has 2 rings (SSSR count). The van der Waals surface area contributed by atoms with Crippen LogP contribution in [0.5, 0.6) is 0 Å². The van der Waals surface area contributed by atoms with Crippen LogP contribution in [0.4, 0.5) is 10.5 Å². The molecule has 6 heteroatoms. The number of rotatable bonds is 6. The third-order valence-corrected chi connectivity index (χ3v) is 3.52. The fourth-order valence-corrected chi connectivity index (χ4v) is 2.41. The first-order valence-corrected chi connectivity index (χ1v) is 7.04. The van der Waals surface area contributed by atoms with E-state index in [9.17, 15) is 9.59 Å². The molecule has 0 spiro atoms. The highest BCUT2D eigenvalue weighted by atomic mass is 16.5. The number of benzene rings is 1. The summed E-state index contributed by atoms with van der Waals surface area (Å²) in [6.07, 6.45) is 2.47. The lowest BCUT2D eigenvalue weighted by Gasteiger charge is -2.18. The molecule has 6 nitrogen and oxygen atoms in total. The van der Waals surface area contributed by atoms with Crippen molar-refractivity contribution in [2.75, 3.05) is 31.7 Å². The van der Waals surface area contributed by atoms with Crippen LogP contribution in [0.25, 0.3) is 0 Å². The average Bonchev–Trinajstić information content (AvgIpc) is 2.89. The van der Waals surface area contributed by atoms with E-state index in [0.29, 0.717) is 26.1 Å². The second-order valence-corrected chi connectivity index (χ2v) is 4.98. The van der Waals surface area contributed by atoms with E-state index >= 15 is 0 Å². The van der Waals surface area contributed by atoms with E-state index in [1.54, 1.807) is 24.1 Å². The predicted molar refractivity (Wildman–Crippen MR) is 79.0 cm³/mol. The number of carboxylic acids is 1. The zero-order chi connectivity index (χ0) is 15.2. The van der Waals surface area contributed by atoms with Gasteiger partial charge in [0.2, 0.25) is 0 Å². The molecule has 0 aromatic heterocycles. The predicted octanol–water partition coefficient (Wildman–Crippen LogP) is 1.88. The summed E-state index contributed by atoms with van der Waals surface area (Å²) in [6, 6.07) is 4.75. The van der Waals surface area contributed by atoms with Gasteiger partial charge in [-0.15, -0.1) is 0 Å². The maximum Gasteiger partial charge on any atom is 0.335 e. The third kappa shape index (κ3) is 3.72. The Kier molecular flexibility index (Phi) is 5.16. The summed E-state index contributed by atoms with van der Waals surface area (Å²) in [7, 11) is 1.66. The van der Waals surface area contributed by atoms with Gasteiger partial charge in [-0.2, -0.15) is 0 Å². The molecule has 0 aliphatic carbocycles. The van der Waals surface area contributed by atoms with Crippen LogP contribution in [-0.2, 0) is 11.2 Å². The number of hydrogen-bond acceptors (Lipinski definition) is 3. The van der Waals surface area contributed by atoms with Crippen molar-refractivity contribution in [1.29, 1.82) is 0 Å². The first-order chi connectivity index (χ1) is 10.1. The molecule has 1 heterocycles. The van der Waals surface area contributed by atoms with Gasteiger partial charge >= 0.3 is 12.0 Å². The summed E-state index contributed by atoms with van der Waals surface area (Å²) in [4.78, 5) is 24.7. The number of amides is 2. The summed E-state index contributed by atoms with van der Waals surface area (Å²) in [6.45, 7) is 1.89. The van der Waals surface area contributed by atoms with Crippen molar-refractivity contribution in [2.24, 2.45) is 0 Å². The van der Waals surface area contributed by atoms with E-state index < -0.39 is 5.97 Å². The largest absolute Gasteiger partial charge is 0.478 e. The van der Waals surface area contributed by atoms with Crippen molar-refractivity contribution < 1.29 is 19.4 Å². The number of nitrogens with zero attached hydrogens (tertiary/aromatic N) is 1. The van der Waals surface area contributed by atoms with Crippen LogP contribution in [-0.4, -0.2) is 43.9 Å². The van der Waals surface area contributed by atoms with Gasteiger partial charge in [-0.25, -0.2) is 9.59 Å².